The molecule has 1 fully saturated rings. The summed E-state index contributed by atoms with van der Waals surface area (Å²) in [5.41, 5.74) is 1.21. The molecular formula is C14H18ClF. The van der Waals surface area contributed by atoms with Crippen LogP contribution in [0.5, 0.6) is 0 Å². The van der Waals surface area contributed by atoms with Gasteiger partial charge in [0.25, 0.3) is 0 Å². The third-order valence-corrected chi connectivity index (χ3v) is 4.05. The molecule has 0 heterocycles. The Morgan fingerprint density at radius 1 is 1.06 bits per heavy atom. The molecular weight excluding hydrogens is 223 g/mol. The molecule has 0 saturated heterocycles. The van der Waals surface area contributed by atoms with Gasteiger partial charge in [-0.05, 0) is 42.9 Å². The van der Waals surface area contributed by atoms with E-state index >= 15 is 0 Å². The van der Waals surface area contributed by atoms with Crippen LogP contribution in [0.3, 0.4) is 0 Å². The van der Waals surface area contributed by atoms with Crippen LogP contribution in [0.4, 0.5) is 4.39 Å². The molecule has 0 amide bonds. The second-order valence-corrected chi connectivity index (χ2v) is 5.31. The zero-order valence-corrected chi connectivity index (χ0v) is 10.2. The average molecular weight is 241 g/mol. The Labute approximate surface area is 102 Å². The van der Waals surface area contributed by atoms with Gasteiger partial charge in [0.2, 0.25) is 0 Å². The normalized spacial score (nSPS) is 26.4. The summed E-state index contributed by atoms with van der Waals surface area (Å²) in [7, 11) is 0. The summed E-state index contributed by atoms with van der Waals surface area (Å²) in [4.78, 5) is 0. The van der Waals surface area contributed by atoms with Gasteiger partial charge in [-0.1, -0.05) is 31.4 Å². The maximum absolute atomic E-state index is 12.8. The van der Waals surface area contributed by atoms with Crippen LogP contribution in [0, 0.1) is 11.7 Å². The van der Waals surface area contributed by atoms with Gasteiger partial charge in [0.05, 0.1) is 0 Å². The summed E-state index contributed by atoms with van der Waals surface area (Å²) in [5.74, 6) is 0.404. The fourth-order valence-electron chi connectivity index (χ4n) is 2.49. The fourth-order valence-corrected chi connectivity index (χ4v) is 2.86. The van der Waals surface area contributed by atoms with Crippen LogP contribution >= 0.6 is 11.6 Å². The highest BCUT2D eigenvalue weighted by Gasteiger charge is 2.21. The van der Waals surface area contributed by atoms with Crippen molar-refractivity contribution in [3.05, 3.63) is 35.6 Å². The summed E-state index contributed by atoms with van der Waals surface area (Å²) in [6, 6.07) is 6.83. The SMILES string of the molecule is Fc1ccc(CC2CCCCCC2Cl)cc1. The molecule has 0 nitrogen and oxygen atoms in total. The largest absolute Gasteiger partial charge is 0.207 e. The van der Waals surface area contributed by atoms with Crippen molar-refractivity contribution in [3.63, 3.8) is 0 Å². The molecule has 1 aliphatic carbocycles. The molecule has 0 N–H and O–H groups in total. The van der Waals surface area contributed by atoms with Crippen molar-refractivity contribution in [2.75, 3.05) is 0 Å². The van der Waals surface area contributed by atoms with Crippen LogP contribution in [0.2, 0.25) is 0 Å². The van der Waals surface area contributed by atoms with Crippen LogP contribution in [0.25, 0.3) is 0 Å². The van der Waals surface area contributed by atoms with E-state index in [1.807, 2.05) is 12.1 Å². The molecule has 0 spiro atoms. The van der Waals surface area contributed by atoms with Crippen molar-refractivity contribution in [3.8, 4) is 0 Å². The molecule has 1 aliphatic rings. The highest BCUT2D eigenvalue weighted by Crippen LogP contribution is 2.30. The van der Waals surface area contributed by atoms with E-state index in [4.69, 9.17) is 11.6 Å². The highest BCUT2D eigenvalue weighted by molar-refractivity contribution is 6.20. The maximum Gasteiger partial charge on any atom is 0.123 e. The van der Waals surface area contributed by atoms with Crippen molar-refractivity contribution < 1.29 is 4.39 Å². The smallest absolute Gasteiger partial charge is 0.123 e. The molecule has 2 unspecified atom stereocenters. The third-order valence-electron chi connectivity index (χ3n) is 3.48. The lowest BCUT2D eigenvalue weighted by molar-refractivity contribution is 0.464. The van der Waals surface area contributed by atoms with E-state index in [0.717, 1.165) is 12.8 Å². The highest BCUT2D eigenvalue weighted by atomic mass is 35.5. The van der Waals surface area contributed by atoms with E-state index in [1.54, 1.807) is 0 Å². The summed E-state index contributed by atoms with van der Waals surface area (Å²) in [6.07, 6.45) is 7.19. The van der Waals surface area contributed by atoms with Crippen LogP contribution in [0.1, 0.15) is 37.7 Å². The predicted octanol–water partition coefficient (Wildman–Crippen LogP) is 4.56. The minimum absolute atomic E-state index is 0.160. The van der Waals surface area contributed by atoms with Gasteiger partial charge < -0.3 is 0 Å². The van der Waals surface area contributed by atoms with Gasteiger partial charge in [0, 0.05) is 5.38 Å². The van der Waals surface area contributed by atoms with Crippen LogP contribution in [0.15, 0.2) is 24.3 Å². The van der Waals surface area contributed by atoms with Crippen LogP contribution in [-0.2, 0) is 6.42 Å². The fraction of sp³-hybridized carbons (Fsp3) is 0.571. The number of benzene rings is 1. The van der Waals surface area contributed by atoms with Gasteiger partial charge in [-0.2, -0.15) is 0 Å². The van der Waals surface area contributed by atoms with Gasteiger partial charge in [0.1, 0.15) is 5.82 Å². The predicted molar refractivity (Wildman–Crippen MR) is 66.3 cm³/mol. The molecule has 2 heteroatoms. The summed E-state index contributed by atoms with van der Waals surface area (Å²) in [5, 5.41) is 0.299. The summed E-state index contributed by atoms with van der Waals surface area (Å²) in [6.45, 7) is 0. The lowest BCUT2D eigenvalue weighted by Gasteiger charge is -2.19. The van der Waals surface area contributed by atoms with Gasteiger partial charge in [-0.25, -0.2) is 4.39 Å². The van der Waals surface area contributed by atoms with Crippen LogP contribution in [-0.4, -0.2) is 5.38 Å². The molecule has 0 bridgehead atoms. The first kappa shape index (κ1) is 11.9. The Morgan fingerprint density at radius 2 is 1.75 bits per heavy atom. The Bertz CT molecular complexity index is 320. The van der Waals surface area contributed by atoms with Crippen molar-refractivity contribution in [2.45, 2.75) is 43.9 Å². The third kappa shape index (κ3) is 3.21. The van der Waals surface area contributed by atoms with Gasteiger partial charge in [-0.3, -0.25) is 0 Å². The monoisotopic (exact) mass is 240 g/mol. The first-order chi connectivity index (χ1) is 7.75. The standard InChI is InChI=1S/C14H18ClF/c15-14-5-3-1-2-4-12(14)10-11-6-8-13(16)9-7-11/h6-9,12,14H,1-5,10H2. The molecule has 88 valence electrons. The van der Waals surface area contributed by atoms with Crippen molar-refractivity contribution in [1.82, 2.24) is 0 Å². The van der Waals surface area contributed by atoms with E-state index in [0.29, 0.717) is 11.3 Å². The molecule has 0 aliphatic heterocycles. The molecule has 1 aromatic rings. The first-order valence-corrected chi connectivity index (χ1v) is 6.58. The molecule has 2 atom stereocenters. The molecule has 2 rings (SSSR count). The van der Waals surface area contributed by atoms with E-state index in [2.05, 4.69) is 0 Å². The van der Waals surface area contributed by atoms with Gasteiger partial charge in [-0.15, -0.1) is 11.6 Å². The van der Waals surface area contributed by atoms with E-state index < -0.39 is 0 Å². The zero-order chi connectivity index (χ0) is 11.4. The topological polar surface area (TPSA) is 0 Å². The van der Waals surface area contributed by atoms with Gasteiger partial charge in [0.15, 0.2) is 0 Å². The van der Waals surface area contributed by atoms with Crippen molar-refractivity contribution in [2.24, 2.45) is 5.92 Å². The van der Waals surface area contributed by atoms with Gasteiger partial charge >= 0.3 is 0 Å². The summed E-state index contributed by atoms with van der Waals surface area (Å²) < 4.78 is 12.8. The number of rotatable bonds is 2. The number of hydrogen-bond acceptors (Lipinski definition) is 0. The Hall–Kier alpha value is -0.560. The zero-order valence-electron chi connectivity index (χ0n) is 9.46. The second-order valence-electron chi connectivity index (χ2n) is 4.74. The summed E-state index contributed by atoms with van der Waals surface area (Å²) >= 11 is 6.39. The Morgan fingerprint density at radius 3 is 2.50 bits per heavy atom. The second kappa shape index (κ2) is 5.67. The first-order valence-electron chi connectivity index (χ1n) is 6.14. The molecule has 16 heavy (non-hydrogen) atoms. The average Bonchev–Trinajstić information content (AvgIpc) is 2.48. The number of halogens is 2. The minimum atomic E-state index is -0.160. The van der Waals surface area contributed by atoms with Crippen LogP contribution < -0.4 is 0 Å². The molecule has 1 saturated carbocycles. The molecule has 0 radical (unpaired) electrons. The van der Waals surface area contributed by atoms with Crippen molar-refractivity contribution >= 4 is 11.6 Å². The van der Waals surface area contributed by atoms with E-state index in [1.165, 1.54) is 43.4 Å². The maximum atomic E-state index is 12.8. The molecule has 1 aromatic carbocycles. The quantitative estimate of drug-likeness (QED) is 0.525. The Kier molecular flexibility index (Phi) is 4.22. The lowest BCUT2D eigenvalue weighted by atomic mass is 9.92. The number of alkyl halides is 1. The number of hydrogen-bond donors (Lipinski definition) is 0. The van der Waals surface area contributed by atoms with E-state index in [9.17, 15) is 4.39 Å². The lowest BCUT2D eigenvalue weighted by Crippen LogP contribution is -2.15. The minimum Gasteiger partial charge on any atom is -0.207 e. The van der Waals surface area contributed by atoms with E-state index in [-0.39, 0.29) is 5.82 Å². The Balaban J connectivity index is 1.99. The van der Waals surface area contributed by atoms with Crippen molar-refractivity contribution in [1.29, 1.82) is 0 Å². The molecule has 0 aromatic heterocycles.